The minimum Gasteiger partial charge on any atom is -0.356 e. The van der Waals surface area contributed by atoms with Gasteiger partial charge in [0.15, 0.2) is 5.82 Å². The van der Waals surface area contributed by atoms with Gasteiger partial charge in [0.25, 0.3) is 0 Å². The van der Waals surface area contributed by atoms with E-state index in [1.807, 2.05) is 32.3 Å². The van der Waals surface area contributed by atoms with Gasteiger partial charge < -0.3 is 14.0 Å². The molecule has 3 aromatic heterocycles. The maximum atomic E-state index is 4.50. The molecule has 0 amide bonds. The summed E-state index contributed by atoms with van der Waals surface area (Å²) in [6, 6.07) is 2.05. The van der Waals surface area contributed by atoms with Crippen molar-refractivity contribution in [1.29, 1.82) is 0 Å². The third-order valence-corrected chi connectivity index (χ3v) is 5.21. The average molecular weight is 352 g/mol. The number of hydrogen-bond donors (Lipinski definition) is 0. The van der Waals surface area contributed by atoms with E-state index in [9.17, 15) is 0 Å². The van der Waals surface area contributed by atoms with Gasteiger partial charge in [-0.15, -0.1) is 10.2 Å². The van der Waals surface area contributed by atoms with Gasteiger partial charge in [-0.25, -0.2) is 15.0 Å². The van der Waals surface area contributed by atoms with Gasteiger partial charge in [-0.2, -0.15) is 0 Å². The largest absolute Gasteiger partial charge is 0.356 e. The number of nitrogens with zero attached hydrogens (tertiary/aromatic N) is 8. The molecule has 1 aliphatic heterocycles. The fraction of sp³-hybridized carbons (Fsp3) is 0.500. The highest BCUT2D eigenvalue weighted by atomic mass is 15.3. The van der Waals surface area contributed by atoms with Crippen molar-refractivity contribution < 1.29 is 0 Å². The Balaban J connectivity index is 1.44. The highest BCUT2D eigenvalue weighted by Crippen LogP contribution is 2.29. The first-order valence-corrected chi connectivity index (χ1v) is 9.01. The van der Waals surface area contributed by atoms with Crippen LogP contribution < -0.4 is 4.90 Å². The Morgan fingerprint density at radius 3 is 2.58 bits per heavy atom. The molecule has 4 heterocycles. The summed E-state index contributed by atoms with van der Waals surface area (Å²) in [5.74, 6) is 4.49. The molecule has 3 aromatic rings. The SMILES string of the molecule is Cc1cc(N2CCC(c3nnc(Cn4ccnc4C)n3C)CC2)ncn1. The smallest absolute Gasteiger partial charge is 0.152 e. The van der Waals surface area contributed by atoms with Crippen molar-refractivity contribution in [1.82, 2.24) is 34.3 Å². The van der Waals surface area contributed by atoms with E-state index in [4.69, 9.17) is 0 Å². The van der Waals surface area contributed by atoms with E-state index < -0.39 is 0 Å². The normalized spacial score (nSPS) is 15.6. The molecule has 4 rings (SSSR count). The average Bonchev–Trinajstić information content (AvgIpc) is 3.22. The summed E-state index contributed by atoms with van der Waals surface area (Å²) in [5, 5.41) is 8.92. The molecule has 0 unspecified atom stereocenters. The summed E-state index contributed by atoms with van der Waals surface area (Å²) >= 11 is 0. The first-order valence-electron chi connectivity index (χ1n) is 9.01. The summed E-state index contributed by atoms with van der Waals surface area (Å²) in [6.45, 7) is 6.66. The Morgan fingerprint density at radius 2 is 1.88 bits per heavy atom. The van der Waals surface area contributed by atoms with Crippen LogP contribution in [0.5, 0.6) is 0 Å². The number of piperidine rings is 1. The molecule has 0 bridgehead atoms. The topological polar surface area (TPSA) is 77.5 Å². The van der Waals surface area contributed by atoms with Crippen molar-refractivity contribution in [3.8, 4) is 0 Å². The van der Waals surface area contributed by atoms with Crippen molar-refractivity contribution in [3.63, 3.8) is 0 Å². The van der Waals surface area contributed by atoms with Gasteiger partial charge in [0.1, 0.15) is 23.8 Å². The second-order valence-electron chi connectivity index (χ2n) is 6.91. The number of hydrogen-bond acceptors (Lipinski definition) is 6. The van der Waals surface area contributed by atoms with Crippen molar-refractivity contribution in [2.45, 2.75) is 39.2 Å². The molecule has 8 nitrogen and oxygen atoms in total. The van der Waals surface area contributed by atoms with E-state index in [2.05, 4.69) is 46.2 Å². The second-order valence-corrected chi connectivity index (χ2v) is 6.91. The first kappa shape index (κ1) is 16.7. The fourth-order valence-electron chi connectivity index (χ4n) is 3.57. The number of rotatable bonds is 4. The Bertz CT molecular complexity index is 888. The van der Waals surface area contributed by atoms with Gasteiger partial charge in [-0.1, -0.05) is 0 Å². The molecule has 136 valence electrons. The van der Waals surface area contributed by atoms with Gasteiger partial charge >= 0.3 is 0 Å². The molecule has 0 saturated carbocycles. The van der Waals surface area contributed by atoms with Gasteiger partial charge in [0.05, 0.1) is 6.54 Å². The predicted octanol–water partition coefficient (Wildman–Crippen LogP) is 1.85. The summed E-state index contributed by atoms with van der Waals surface area (Å²) in [7, 11) is 2.07. The van der Waals surface area contributed by atoms with E-state index in [0.717, 1.165) is 54.9 Å². The molecule has 0 aromatic carbocycles. The van der Waals surface area contributed by atoms with Crippen LogP contribution in [0.25, 0.3) is 0 Å². The third-order valence-electron chi connectivity index (χ3n) is 5.21. The van der Waals surface area contributed by atoms with Crippen LogP contribution in [0.4, 0.5) is 5.82 Å². The van der Waals surface area contributed by atoms with Gasteiger partial charge in [-0.05, 0) is 26.7 Å². The Hall–Kier alpha value is -2.77. The predicted molar refractivity (Wildman–Crippen MR) is 98.0 cm³/mol. The lowest BCUT2D eigenvalue weighted by molar-refractivity contribution is 0.470. The van der Waals surface area contributed by atoms with E-state index in [0.29, 0.717) is 12.5 Å². The molecule has 0 aliphatic carbocycles. The number of aryl methyl sites for hydroxylation is 2. The summed E-state index contributed by atoms with van der Waals surface area (Å²) < 4.78 is 4.24. The molecule has 0 N–H and O–H groups in total. The van der Waals surface area contributed by atoms with Crippen molar-refractivity contribution in [3.05, 3.63) is 48.0 Å². The quantitative estimate of drug-likeness (QED) is 0.713. The van der Waals surface area contributed by atoms with E-state index >= 15 is 0 Å². The number of aromatic nitrogens is 7. The number of imidazole rings is 1. The lowest BCUT2D eigenvalue weighted by Crippen LogP contribution is -2.34. The van der Waals surface area contributed by atoms with Gasteiger partial charge in [0.2, 0.25) is 0 Å². The van der Waals surface area contributed by atoms with Crippen LogP contribution in [0, 0.1) is 13.8 Å². The van der Waals surface area contributed by atoms with E-state index in [1.54, 1.807) is 6.33 Å². The second kappa shape index (κ2) is 6.86. The highest BCUT2D eigenvalue weighted by Gasteiger charge is 2.26. The van der Waals surface area contributed by atoms with Crippen LogP contribution in [0.3, 0.4) is 0 Å². The summed E-state index contributed by atoms with van der Waals surface area (Å²) in [6.07, 6.45) is 7.55. The minimum atomic E-state index is 0.435. The molecule has 8 heteroatoms. The maximum absolute atomic E-state index is 4.50. The zero-order valence-corrected chi connectivity index (χ0v) is 15.5. The fourth-order valence-corrected chi connectivity index (χ4v) is 3.57. The molecule has 0 atom stereocenters. The monoisotopic (exact) mass is 352 g/mol. The standard InChI is InChI=1S/C18H24N8/c1-13-10-16(21-12-20-13)25-7-4-15(5-8-25)18-23-22-17(24(18)3)11-26-9-6-19-14(26)2/h6,9-10,12,15H,4-5,7-8,11H2,1-3H3. The van der Waals surface area contributed by atoms with Crippen LogP contribution in [-0.4, -0.2) is 47.4 Å². The maximum Gasteiger partial charge on any atom is 0.152 e. The van der Waals surface area contributed by atoms with Crippen molar-refractivity contribution in [2.24, 2.45) is 7.05 Å². The molecule has 0 spiro atoms. The zero-order valence-electron chi connectivity index (χ0n) is 15.5. The first-order chi connectivity index (χ1) is 12.6. The minimum absolute atomic E-state index is 0.435. The van der Waals surface area contributed by atoms with Crippen LogP contribution in [0.2, 0.25) is 0 Å². The van der Waals surface area contributed by atoms with Crippen LogP contribution in [0.1, 0.15) is 41.9 Å². The molecule has 1 aliphatic rings. The van der Waals surface area contributed by atoms with Crippen LogP contribution in [0.15, 0.2) is 24.8 Å². The molecule has 1 saturated heterocycles. The summed E-state index contributed by atoms with van der Waals surface area (Å²) in [5.41, 5.74) is 1.00. The third kappa shape index (κ3) is 3.18. The van der Waals surface area contributed by atoms with Crippen molar-refractivity contribution in [2.75, 3.05) is 18.0 Å². The lowest BCUT2D eigenvalue weighted by Gasteiger charge is -2.32. The molecule has 1 fully saturated rings. The Morgan fingerprint density at radius 1 is 1.08 bits per heavy atom. The molecule has 0 radical (unpaired) electrons. The molecular weight excluding hydrogens is 328 g/mol. The van der Waals surface area contributed by atoms with E-state index in [1.165, 1.54) is 0 Å². The van der Waals surface area contributed by atoms with Gasteiger partial charge in [0, 0.05) is 50.2 Å². The van der Waals surface area contributed by atoms with Gasteiger partial charge in [-0.3, -0.25) is 0 Å². The van der Waals surface area contributed by atoms with Crippen LogP contribution >= 0.6 is 0 Å². The Labute approximate surface area is 152 Å². The summed E-state index contributed by atoms with van der Waals surface area (Å²) in [4.78, 5) is 15.2. The Kier molecular flexibility index (Phi) is 4.40. The molecular formula is C18H24N8. The lowest BCUT2D eigenvalue weighted by atomic mass is 9.96. The van der Waals surface area contributed by atoms with Crippen LogP contribution in [-0.2, 0) is 13.6 Å². The number of anilines is 1. The highest BCUT2D eigenvalue weighted by molar-refractivity contribution is 5.39. The van der Waals surface area contributed by atoms with E-state index in [-0.39, 0.29) is 0 Å². The molecule has 26 heavy (non-hydrogen) atoms. The zero-order chi connectivity index (χ0) is 18.1. The van der Waals surface area contributed by atoms with Crippen molar-refractivity contribution >= 4 is 5.82 Å².